The zero-order chi connectivity index (χ0) is 13.5. The third-order valence-electron chi connectivity index (χ3n) is 3.42. The van der Waals surface area contributed by atoms with Crippen molar-refractivity contribution in [3.05, 3.63) is 0 Å². The number of nitrogens with one attached hydrogen (secondary N) is 1. The van der Waals surface area contributed by atoms with Crippen molar-refractivity contribution >= 4 is 0 Å². The summed E-state index contributed by atoms with van der Waals surface area (Å²) in [6.07, 6.45) is 0.325. The van der Waals surface area contributed by atoms with Crippen LogP contribution in [-0.2, 0) is 9.47 Å². The number of morpholine rings is 1. The van der Waals surface area contributed by atoms with Crippen LogP contribution in [0.4, 0.5) is 0 Å². The maximum atomic E-state index is 5.69. The van der Waals surface area contributed by atoms with E-state index in [0.29, 0.717) is 24.1 Å². The van der Waals surface area contributed by atoms with Crippen LogP contribution in [0.1, 0.15) is 27.7 Å². The first-order valence-corrected chi connectivity index (χ1v) is 7.11. The van der Waals surface area contributed by atoms with Crippen molar-refractivity contribution in [1.29, 1.82) is 0 Å². The van der Waals surface area contributed by atoms with Gasteiger partial charge in [-0.25, -0.2) is 0 Å². The number of methoxy groups -OCH3 is 1. The fraction of sp³-hybridized carbons (Fsp3) is 1.00. The summed E-state index contributed by atoms with van der Waals surface area (Å²) in [4.78, 5) is 2.52. The van der Waals surface area contributed by atoms with Gasteiger partial charge in [-0.1, -0.05) is 13.8 Å². The molecule has 0 aromatic carbocycles. The molecule has 0 aromatic rings. The molecule has 0 radical (unpaired) electrons. The molecule has 1 saturated heterocycles. The lowest BCUT2D eigenvalue weighted by Gasteiger charge is -2.41. The number of hydrogen-bond acceptors (Lipinski definition) is 4. The number of ether oxygens (including phenoxy) is 2. The van der Waals surface area contributed by atoms with Crippen molar-refractivity contribution in [1.82, 2.24) is 10.2 Å². The highest BCUT2D eigenvalue weighted by Crippen LogP contribution is 2.15. The summed E-state index contributed by atoms with van der Waals surface area (Å²) < 4.78 is 11.1. The zero-order valence-electron chi connectivity index (χ0n) is 12.6. The Bertz CT molecular complexity index is 224. The smallest absolute Gasteiger partial charge is 0.0674 e. The van der Waals surface area contributed by atoms with E-state index in [1.807, 2.05) is 0 Å². The number of nitrogens with zero attached hydrogens (tertiary/aromatic N) is 1. The average molecular weight is 258 g/mol. The Morgan fingerprint density at radius 2 is 2.06 bits per heavy atom. The minimum absolute atomic E-state index is 0.325. The standard InChI is InChI=1S/C14H30N2O2/c1-11(2)6-15-7-14(10-17-5)16-8-13(4)18-9-12(16)3/h11-15H,6-10H2,1-5H3. The molecule has 0 aromatic heterocycles. The molecular formula is C14H30N2O2. The van der Waals surface area contributed by atoms with Crippen LogP contribution in [0.2, 0.25) is 0 Å². The van der Waals surface area contributed by atoms with Gasteiger partial charge in [-0.2, -0.15) is 0 Å². The van der Waals surface area contributed by atoms with E-state index in [1.54, 1.807) is 7.11 Å². The third-order valence-corrected chi connectivity index (χ3v) is 3.42. The Balaban J connectivity index is 2.47. The van der Waals surface area contributed by atoms with Gasteiger partial charge in [-0.15, -0.1) is 0 Å². The molecule has 1 rings (SSSR count). The molecule has 0 aliphatic carbocycles. The molecule has 4 heteroatoms. The van der Waals surface area contributed by atoms with Crippen LogP contribution in [0.25, 0.3) is 0 Å². The molecule has 108 valence electrons. The van der Waals surface area contributed by atoms with Crippen LogP contribution in [0, 0.1) is 5.92 Å². The van der Waals surface area contributed by atoms with Crippen molar-refractivity contribution < 1.29 is 9.47 Å². The quantitative estimate of drug-likeness (QED) is 0.747. The highest BCUT2D eigenvalue weighted by Gasteiger charge is 2.29. The van der Waals surface area contributed by atoms with Crippen LogP contribution in [-0.4, -0.2) is 63.0 Å². The van der Waals surface area contributed by atoms with Gasteiger partial charge in [0.1, 0.15) is 0 Å². The van der Waals surface area contributed by atoms with E-state index in [2.05, 4.69) is 37.9 Å². The van der Waals surface area contributed by atoms with Gasteiger partial charge in [0.05, 0.1) is 19.3 Å². The molecule has 0 bridgehead atoms. The fourth-order valence-corrected chi connectivity index (χ4v) is 2.44. The Hall–Kier alpha value is -0.160. The second kappa shape index (κ2) is 8.10. The van der Waals surface area contributed by atoms with Crippen LogP contribution in [0.3, 0.4) is 0 Å². The molecule has 1 aliphatic heterocycles. The minimum Gasteiger partial charge on any atom is -0.383 e. The first-order valence-electron chi connectivity index (χ1n) is 7.11. The third kappa shape index (κ3) is 5.22. The second-order valence-electron chi connectivity index (χ2n) is 5.85. The maximum Gasteiger partial charge on any atom is 0.0674 e. The summed E-state index contributed by atoms with van der Waals surface area (Å²) in [6, 6.07) is 0.914. The molecule has 3 unspecified atom stereocenters. The first kappa shape index (κ1) is 15.9. The predicted octanol–water partition coefficient (Wildman–Crippen LogP) is 1.36. The van der Waals surface area contributed by atoms with Gasteiger partial charge < -0.3 is 14.8 Å². The van der Waals surface area contributed by atoms with E-state index in [0.717, 1.165) is 32.8 Å². The summed E-state index contributed by atoms with van der Waals surface area (Å²) in [5.41, 5.74) is 0. The summed E-state index contributed by atoms with van der Waals surface area (Å²) in [6.45, 7) is 13.5. The predicted molar refractivity (Wildman–Crippen MR) is 75.0 cm³/mol. The highest BCUT2D eigenvalue weighted by atomic mass is 16.5. The summed E-state index contributed by atoms with van der Waals surface area (Å²) in [7, 11) is 1.78. The van der Waals surface area contributed by atoms with Crippen molar-refractivity contribution in [2.75, 3.05) is 40.0 Å². The molecule has 1 N–H and O–H groups in total. The van der Waals surface area contributed by atoms with Gasteiger partial charge in [0.15, 0.2) is 0 Å². The largest absolute Gasteiger partial charge is 0.383 e. The lowest BCUT2D eigenvalue weighted by Crippen LogP contribution is -2.56. The van der Waals surface area contributed by atoms with Gasteiger partial charge in [0.25, 0.3) is 0 Å². The Morgan fingerprint density at radius 3 is 2.67 bits per heavy atom. The Labute approximate surface area is 112 Å². The van der Waals surface area contributed by atoms with Crippen LogP contribution in [0.15, 0.2) is 0 Å². The molecule has 4 nitrogen and oxygen atoms in total. The van der Waals surface area contributed by atoms with Crippen LogP contribution >= 0.6 is 0 Å². The number of rotatable bonds is 7. The maximum absolute atomic E-state index is 5.69. The normalized spacial score (nSPS) is 27.7. The van der Waals surface area contributed by atoms with Crippen molar-refractivity contribution in [2.24, 2.45) is 5.92 Å². The summed E-state index contributed by atoms with van der Waals surface area (Å²) >= 11 is 0. The van der Waals surface area contributed by atoms with Gasteiger partial charge in [-0.3, -0.25) is 4.90 Å². The molecule has 18 heavy (non-hydrogen) atoms. The molecular weight excluding hydrogens is 228 g/mol. The molecule has 1 fully saturated rings. The van der Waals surface area contributed by atoms with Gasteiger partial charge in [-0.05, 0) is 26.3 Å². The van der Waals surface area contributed by atoms with Crippen molar-refractivity contribution in [2.45, 2.75) is 45.9 Å². The molecule has 0 spiro atoms. The van der Waals surface area contributed by atoms with E-state index in [9.17, 15) is 0 Å². The van der Waals surface area contributed by atoms with Crippen LogP contribution < -0.4 is 5.32 Å². The van der Waals surface area contributed by atoms with E-state index in [4.69, 9.17) is 9.47 Å². The minimum atomic E-state index is 0.325. The topological polar surface area (TPSA) is 33.7 Å². The Kier molecular flexibility index (Phi) is 7.15. The summed E-state index contributed by atoms with van der Waals surface area (Å²) in [5.74, 6) is 0.689. The van der Waals surface area contributed by atoms with E-state index < -0.39 is 0 Å². The van der Waals surface area contributed by atoms with E-state index >= 15 is 0 Å². The van der Waals surface area contributed by atoms with Gasteiger partial charge in [0, 0.05) is 32.3 Å². The van der Waals surface area contributed by atoms with Crippen LogP contribution in [0.5, 0.6) is 0 Å². The first-order chi connectivity index (χ1) is 8.54. The van der Waals surface area contributed by atoms with Crippen molar-refractivity contribution in [3.8, 4) is 0 Å². The lowest BCUT2D eigenvalue weighted by atomic mass is 10.1. The van der Waals surface area contributed by atoms with Gasteiger partial charge in [0.2, 0.25) is 0 Å². The molecule has 1 aliphatic rings. The lowest BCUT2D eigenvalue weighted by molar-refractivity contribution is -0.0755. The second-order valence-corrected chi connectivity index (χ2v) is 5.85. The molecule has 3 atom stereocenters. The molecule has 1 heterocycles. The molecule has 0 amide bonds. The SMILES string of the molecule is COCC(CNCC(C)C)N1CC(C)OCC1C. The van der Waals surface area contributed by atoms with E-state index in [1.165, 1.54) is 0 Å². The average Bonchev–Trinajstić information content (AvgIpc) is 2.31. The monoisotopic (exact) mass is 258 g/mol. The highest BCUT2D eigenvalue weighted by molar-refractivity contribution is 4.83. The zero-order valence-corrected chi connectivity index (χ0v) is 12.6. The Morgan fingerprint density at radius 1 is 1.33 bits per heavy atom. The van der Waals surface area contributed by atoms with E-state index in [-0.39, 0.29) is 0 Å². The van der Waals surface area contributed by atoms with Gasteiger partial charge >= 0.3 is 0 Å². The van der Waals surface area contributed by atoms with Crippen molar-refractivity contribution in [3.63, 3.8) is 0 Å². The number of hydrogen-bond donors (Lipinski definition) is 1. The molecule has 0 saturated carbocycles. The fourth-order valence-electron chi connectivity index (χ4n) is 2.44. The summed E-state index contributed by atoms with van der Waals surface area (Å²) in [5, 5.41) is 3.54.